The summed E-state index contributed by atoms with van der Waals surface area (Å²) in [5.74, 6) is -6.40. The molecule has 1 aliphatic carbocycles. The molecule has 0 unspecified atom stereocenters. The molecule has 6 heteroatoms. The number of carbonyl (C=O) groups excluding carboxylic acids is 1. The maximum Gasteiger partial charge on any atom is 0.383 e. The molecular formula is C9H11F4NO. The summed E-state index contributed by atoms with van der Waals surface area (Å²) >= 11 is 0. The Kier molecular flexibility index (Phi) is 3.36. The zero-order chi connectivity index (χ0) is 11.6. The second kappa shape index (κ2) is 4.20. The van der Waals surface area contributed by atoms with Gasteiger partial charge in [0.15, 0.2) is 0 Å². The fourth-order valence-electron chi connectivity index (χ4n) is 1.21. The third-order valence-electron chi connectivity index (χ3n) is 2.13. The number of amides is 1. The molecule has 1 saturated carbocycles. The average Bonchev–Trinajstić information content (AvgIpc) is 2.96. The zero-order valence-corrected chi connectivity index (χ0v) is 7.93. The first-order chi connectivity index (χ1) is 6.91. The van der Waals surface area contributed by atoms with Gasteiger partial charge in [-0.3, -0.25) is 4.79 Å². The molecule has 2 nitrogen and oxygen atoms in total. The molecule has 1 rings (SSSR count). The van der Waals surface area contributed by atoms with E-state index >= 15 is 0 Å². The molecule has 0 aromatic heterocycles. The number of hydrogen-bond acceptors (Lipinski definition) is 1. The minimum Gasteiger partial charge on any atom is -0.331 e. The predicted molar refractivity (Wildman–Crippen MR) is 45.9 cm³/mol. The van der Waals surface area contributed by atoms with E-state index in [9.17, 15) is 22.4 Å². The average molecular weight is 225 g/mol. The topological polar surface area (TPSA) is 20.3 Å². The normalized spacial score (nSPS) is 16.6. The molecular weight excluding hydrogens is 214 g/mol. The molecule has 86 valence electrons. The van der Waals surface area contributed by atoms with Crippen LogP contribution >= 0.6 is 0 Å². The highest BCUT2D eigenvalue weighted by atomic mass is 19.3. The van der Waals surface area contributed by atoms with Crippen molar-refractivity contribution in [1.29, 1.82) is 0 Å². The van der Waals surface area contributed by atoms with Gasteiger partial charge in [0.25, 0.3) is 5.91 Å². The lowest BCUT2D eigenvalue weighted by Crippen LogP contribution is -2.48. The number of nitrogens with zero attached hydrogens (tertiary/aromatic N) is 1. The zero-order valence-electron chi connectivity index (χ0n) is 7.93. The second-order valence-electron chi connectivity index (χ2n) is 3.40. The van der Waals surface area contributed by atoms with Crippen molar-refractivity contribution in [2.24, 2.45) is 0 Å². The fraction of sp³-hybridized carbons (Fsp3) is 0.667. The molecule has 1 fully saturated rings. The van der Waals surface area contributed by atoms with Crippen LogP contribution in [0.15, 0.2) is 12.7 Å². The van der Waals surface area contributed by atoms with Crippen LogP contribution in [-0.4, -0.2) is 35.7 Å². The fourth-order valence-corrected chi connectivity index (χ4v) is 1.21. The lowest BCUT2D eigenvalue weighted by molar-refractivity contribution is -0.180. The van der Waals surface area contributed by atoms with Gasteiger partial charge >= 0.3 is 12.3 Å². The molecule has 1 amide bonds. The van der Waals surface area contributed by atoms with Crippen LogP contribution in [-0.2, 0) is 4.79 Å². The van der Waals surface area contributed by atoms with E-state index in [4.69, 9.17) is 0 Å². The van der Waals surface area contributed by atoms with E-state index in [0.29, 0.717) is 12.8 Å². The Bertz CT molecular complexity index is 263. The Balaban J connectivity index is 2.74. The first-order valence-electron chi connectivity index (χ1n) is 4.49. The monoisotopic (exact) mass is 225 g/mol. The molecule has 0 atom stereocenters. The third kappa shape index (κ3) is 2.49. The van der Waals surface area contributed by atoms with Gasteiger partial charge in [0.1, 0.15) is 0 Å². The van der Waals surface area contributed by atoms with E-state index in [2.05, 4.69) is 6.58 Å². The number of carbonyl (C=O) groups is 1. The molecule has 0 saturated heterocycles. The van der Waals surface area contributed by atoms with E-state index in [1.165, 1.54) is 6.08 Å². The van der Waals surface area contributed by atoms with Gasteiger partial charge in [-0.2, -0.15) is 8.78 Å². The van der Waals surface area contributed by atoms with Crippen LogP contribution in [0.3, 0.4) is 0 Å². The van der Waals surface area contributed by atoms with Crippen LogP contribution in [0.5, 0.6) is 0 Å². The summed E-state index contributed by atoms with van der Waals surface area (Å²) in [5, 5.41) is 0. The van der Waals surface area contributed by atoms with Gasteiger partial charge in [-0.15, -0.1) is 6.58 Å². The quantitative estimate of drug-likeness (QED) is 0.518. The Hall–Kier alpha value is -1.07. The highest BCUT2D eigenvalue weighted by molar-refractivity contribution is 5.84. The van der Waals surface area contributed by atoms with Crippen molar-refractivity contribution in [3.63, 3.8) is 0 Å². The van der Waals surface area contributed by atoms with Crippen molar-refractivity contribution in [2.75, 3.05) is 6.54 Å². The van der Waals surface area contributed by atoms with Crippen LogP contribution in [0.4, 0.5) is 17.6 Å². The predicted octanol–water partition coefficient (Wildman–Crippen LogP) is 2.06. The number of rotatable bonds is 5. The van der Waals surface area contributed by atoms with Crippen LogP contribution < -0.4 is 0 Å². The van der Waals surface area contributed by atoms with E-state index in [-0.39, 0.29) is 12.6 Å². The summed E-state index contributed by atoms with van der Waals surface area (Å²) in [7, 11) is 0. The van der Waals surface area contributed by atoms with Gasteiger partial charge in [0, 0.05) is 12.6 Å². The Morgan fingerprint density at radius 3 is 2.40 bits per heavy atom. The maximum atomic E-state index is 12.7. The van der Waals surface area contributed by atoms with E-state index in [1.807, 2.05) is 0 Å². The highest BCUT2D eigenvalue weighted by Gasteiger charge is 2.53. The summed E-state index contributed by atoms with van der Waals surface area (Å²) in [6.07, 6.45) is -1.55. The minimum absolute atomic E-state index is 0.119. The highest BCUT2D eigenvalue weighted by Crippen LogP contribution is 2.32. The van der Waals surface area contributed by atoms with Gasteiger partial charge in [0.2, 0.25) is 0 Å². The second-order valence-corrected chi connectivity index (χ2v) is 3.40. The van der Waals surface area contributed by atoms with Crippen LogP contribution in [0.1, 0.15) is 12.8 Å². The molecule has 0 spiro atoms. The molecule has 0 radical (unpaired) electrons. The molecule has 0 heterocycles. The summed E-state index contributed by atoms with van der Waals surface area (Å²) in [6.45, 7) is 3.17. The van der Waals surface area contributed by atoms with Crippen LogP contribution in [0.2, 0.25) is 0 Å². The summed E-state index contributed by atoms with van der Waals surface area (Å²) in [4.78, 5) is 11.9. The van der Waals surface area contributed by atoms with E-state index in [1.54, 1.807) is 0 Å². The van der Waals surface area contributed by atoms with Crippen LogP contribution in [0.25, 0.3) is 0 Å². The standard InChI is InChI=1S/C9H11F4NO/c1-2-5-14(6-3-4-6)8(15)9(12,13)7(10)11/h2,6-7H,1,3-5H2. The van der Waals surface area contributed by atoms with Crippen molar-refractivity contribution in [1.82, 2.24) is 4.90 Å². The largest absolute Gasteiger partial charge is 0.383 e. The molecule has 1 aliphatic rings. The summed E-state index contributed by atoms with van der Waals surface area (Å²) < 4.78 is 49.3. The van der Waals surface area contributed by atoms with Crippen molar-refractivity contribution in [3.8, 4) is 0 Å². The van der Waals surface area contributed by atoms with Crippen molar-refractivity contribution >= 4 is 5.91 Å². The molecule has 0 bridgehead atoms. The Morgan fingerprint density at radius 2 is 2.07 bits per heavy atom. The van der Waals surface area contributed by atoms with Gasteiger partial charge in [0.05, 0.1) is 0 Å². The minimum atomic E-state index is -4.59. The Labute approximate surface area is 84.5 Å². The maximum absolute atomic E-state index is 12.7. The third-order valence-corrected chi connectivity index (χ3v) is 2.13. The van der Waals surface area contributed by atoms with E-state index < -0.39 is 18.3 Å². The molecule has 0 aliphatic heterocycles. The van der Waals surface area contributed by atoms with E-state index in [0.717, 1.165) is 4.90 Å². The number of alkyl halides is 4. The molecule has 0 aromatic rings. The molecule has 15 heavy (non-hydrogen) atoms. The summed E-state index contributed by atoms with van der Waals surface area (Å²) in [5.41, 5.74) is 0. The number of halogens is 4. The number of hydrogen-bond donors (Lipinski definition) is 0. The first-order valence-corrected chi connectivity index (χ1v) is 4.49. The lowest BCUT2D eigenvalue weighted by Gasteiger charge is -2.25. The van der Waals surface area contributed by atoms with Crippen molar-refractivity contribution in [2.45, 2.75) is 31.2 Å². The smallest absolute Gasteiger partial charge is 0.331 e. The van der Waals surface area contributed by atoms with Gasteiger partial charge in [-0.05, 0) is 12.8 Å². The molecule has 0 N–H and O–H groups in total. The summed E-state index contributed by atoms with van der Waals surface area (Å²) in [6, 6.07) is -0.333. The SMILES string of the molecule is C=CCN(C(=O)C(F)(F)C(F)F)C1CC1. The van der Waals surface area contributed by atoms with Crippen LogP contribution in [0, 0.1) is 0 Å². The molecule has 0 aromatic carbocycles. The lowest BCUT2D eigenvalue weighted by atomic mass is 10.3. The van der Waals surface area contributed by atoms with Crippen molar-refractivity contribution in [3.05, 3.63) is 12.7 Å². The first kappa shape index (κ1) is 12.0. The van der Waals surface area contributed by atoms with Gasteiger partial charge in [-0.25, -0.2) is 8.78 Å². The Morgan fingerprint density at radius 1 is 1.53 bits per heavy atom. The van der Waals surface area contributed by atoms with Gasteiger partial charge < -0.3 is 4.90 Å². The van der Waals surface area contributed by atoms with Gasteiger partial charge in [-0.1, -0.05) is 6.08 Å². The van der Waals surface area contributed by atoms with Crippen molar-refractivity contribution < 1.29 is 22.4 Å².